The van der Waals surface area contributed by atoms with Crippen LogP contribution in [0.1, 0.15) is 58.2 Å². The van der Waals surface area contributed by atoms with Gasteiger partial charge in [0.25, 0.3) is 0 Å². The maximum Gasteiger partial charge on any atom is 0.336 e. The molecule has 0 unspecified atom stereocenters. The van der Waals surface area contributed by atoms with Gasteiger partial charge in [0.15, 0.2) is 26.6 Å². The topological polar surface area (TPSA) is 171 Å². The molecule has 3 aliphatic rings. The fourth-order valence-corrected chi connectivity index (χ4v) is 10.2. The monoisotopic (exact) mass is 1170 g/mol. The Bertz CT molecular complexity index is 2490. The molecule has 0 saturated heterocycles. The van der Waals surface area contributed by atoms with Gasteiger partial charge < -0.3 is 61.3 Å². The van der Waals surface area contributed by atoms with Gasteiger partial charge in [0, 0.05) is 17.8 Å². The maximum atomic E-state index is 14.5. The van der Waals surface area contributed by atoms with Crippen molar-refractivity contribution in [3.63, 3.8) is 0 Å². The molecule has 0 amide bonds. The molecule has 3 aliphatic heterocycles. The second kappa shape index (κ2) is 29.5. The minimum absolute atomic E-state index is 0.0592. The van der Waals surface area contributed by atoms with E-state index in [0.717, 1.165) is 22.4 Å². The van der Waals surface area contributed by atoms with Gasteiger partial charge in [-0.05, 0) is 92.0 Å². The standard InChI is InChI=1S/C59H77Cl3O16Si/c1-37(49-27-18-43(52(75-49)55(63)72-36-59(60,61)62)33-69-30-40-12-21-46(66-7)22-13-40)73-56(64)53-44(34-70-31-41-14-23-47(67-8)24-15-41)19-28-50(76-53)38(2)74-57(65)54-45(35-71-32-42-16-25-48(68-9)26-17-42)20-29-51(77-54)39(3)78-79(10,11)58(4,5)6/h12-29,37-39,43-45,49-54H,30-36H2,1-11H3/t37-,38-,39-,43-,44-,45-,49+,50+,51+,52-,53-,54-/m0/s1. The van der Waals surface area contributed by atoms with Crippen molar-refractivity contribution in [2.75, 3.05) is 47.8 Å². The van der Waals surface area contributed by atoms with E-state index in [1.54, 1.807) is 59.5 Å². The zero-order valence-corrected chi connectivity index (χ0v) is 50.2. The van der Waals surface area contributed by atoms with Crippen LogP contribution in [0.25, 0.3) is 0 Å². The number of hydrogen-bond donors (Lipinski definition) is 0. The number of ether oxygens (including phenoxy) is 12. The first-order chi connectivity index (χ1) is 37.5. The molecule has 0 aromatic heterocycles. The molecule has 0 spiro atoms. The molecule has 3 aromatic carbocycles. The number of hydrogen-bond acceptors (Lipinski definition) is 16. The summed E-state index contributed by atoms with van der Waals surface area (Å²) in [7, 11) is 2.56. The van der Waals surface area contributed by atoms with Crippen LogP contribution in [-0.2, 0) is 81.3 Å². The highest BCUT2D eigenvalue weighted by atomic mass is 35.6. The Kier molecular flexibility index (Phi) is 23.8. The van der Waals surface area contributed by atoms with Gasteiger partial charge in [-0.25, -0.2) is 14.4 Å². The SMILES string of the molecule is COc1ccc(COC[C@@H]2C=C[C@H]([C@H](C)OC(=O)[C@H]3O[C@@H]([C@H](C)OC(=O)[C@H]4O[C@@H]([C@H](C)O[Si](C)(C)C(C)(C)C)C=C[C@H]4COCc4ccc(OC)cc4)C=C[C@H]3COCc3ccc(OC)cc3)O[C@@H]2C(=O)OCC(Cl)(Cl)Cl)cc1. The van der Waals surface area contributed by atoms with Gasteiger partial charge in [0.2, 0.25) is 3.79 Å². The summed E-state index contributed by atoms with van der Waals surface area (Å²) in [6, 6.07) is 22.4. The second-order valence-electron chi connectivity index (χ2n) is 21.4. The number of esters is 3. The van der Waals surface area contributed by atoms with Crippen LogP contribution in [0.4, 0.5) is 0 Å². The molecule has 16 nitrogen and oxygen atoms in total. The highest BCUT2D eigenvalue weighted by Gasteiger charge is 2.45. The molecule has 3 aromatic rings. The van der Waals surface area contributed by atoms with Crippen LogP contribution < -0.4 is 14.2 Å². The molecule has 0 saturated carbocycles. The minimum Gasteiger partial charge on any atom is -0.497 e. The zero-order chi connectivity index (χ0) is 57.5. The summed E-state index contributed by atoms with van der Waals surface area (Å²) in [6.45, 7) is 16.6. The fraction of sp³-hybridized carbons (Fsp3) is 0.542. The molecule has 12 atom stereocenters. The molecule has 434 valence electrons. The van der Waals surface area contributed by atoms with Crippen molar-refractivity contribution in [1.29, 1.82) is 0 Å². The predicted molar refractivity (Wildman–Crippen MR) is 302 cm³/mol. The van der Waals surface area contributed by atoms with Crippen LogP contribution in [0.2, 0.25) is 18.1 Å². The van der Waals surface area contributed by atoms with Gasteiger partial charge in [-0.2, -0.15) is 0 Å². The lowest BCUT2D eigenvalue weighted by molar-refractivity contribution is -0.192. The third-order valence-corrected chi connectivity index (χ3v) is 19.2. The van der Waals surface area contributed by atoms with Gasteiger partial charge in [-0.15, -0.1) is 0 Å². The number of benzene rings is 3. The fourth-order valence-electron chi connectivity index (χ4n) is 8.61. The van der Waals surface area contributed by atoms with Crippen LogP contribution in [-0.4, -0.2) is 133 Å². The first-order valence-electron chi connectivity index (χ1n) is 26.4. The van der Waals surface area contributed by atoms with E-state index >= 15 is 0 Å². The van der Waals surface area contributed by atoms with Crippen LogP contribution in [0.15, 0.2) is 109 Å². The highest BCUT2D eigenvalue weighted by Crippen LogP contribution is 2.39. The van der Waals surface area contributed by atoms with Gasteiger partial charge in [-0.1, -0.05) is 128 Å². The van der Waals surface area contributed by atoms with Crippen LogP contribution in [0.5, 0.6) is 17.2 Å². The summed E-state index contributed by atoms with van der Waals surface area (Å²) in [5.74, 6) is -1.82. The van der Waals surface area contributed by atoms with Gasteiger partial charge in [0.05, 0.1) is 67.1 Å². The summed E-state index contributed by atoms with van der Waals surface area (Å²) in [5, 5.41) is -0.0596. The smallest absolute Gasteiger partial charge is 0.336 e. The molecule has 0 N–H and O–H groups in total. The lowest BCUT2D eigenvalue weighted by Gasteiger charge is -2.41. The van der Waals surface area contributed by atoms with Crippen LogP contribution in [0, 0.1) is 17.8 Å². The Morgan fingerprint density at radius 2 is 0.823 bits per heavy atom. The number of rotatable bonds is 26. The molecule has 20 heteroatoms. The highest BCUT2D eigenvalue weighted by molar-refractivity contribution is 6.74. The zero-order valence-electron chi connectivity index (χ0n) is 46.9. The number of carbonyl (C=O) groups excluding carboxylic acids is 3. The number of methoxy groups -OCH3 is 3. The summed E-state index contributed by atoms with van der Waals surface area (Å²) in [6.07, 6.45) is 2.69. The van der Waals surface area contributed by atoms with E-state index in [-0.39, 0.29) is 44.2 Å². The lowest BCUT2D eigenvalue weighted by Crippen LogP contribution is -2.50. The van der Waals surface area contributed by atoms with E-state index in [2.05, 4.69) is 33.9 Å². The van der Waals surface area contributed by atoms with Crippen LogP contribution >= 0.6 is 34.8 Å². The van der Waals surface area contributed by atoms with Crippen molar-refractivity contribution in [2.45, 2.75) is 138 Å². The Balaban J connectivity index is 1.17. The Labute approximate surface area is 481 Å². The molecular formula is C59H77Cl3O16Si. The van der Waals surface area contributed by atoms with Crippen molar-refractivity contribution in [3.05, 3.63) is 126 Å². The third-order valence-electron chi connectivity index (χ3n) is 14.3. The van der Waals surface area contributed by atoms with E-state index in [1.807, 2.05) is 91.9 Å². The molecule has 0 aliphatic carbocycles. The molecule has 6 rings (SSSR count). The summed E-state index contributed by atoms with van der Waals surface area (Å²) >= 11 is 17.8. The largest absolute Gasteiger partial charge is 0.497 e. The van der Waals surface area contributed by atoms with E-state index in [4.69, 9.17) is 96.1 Å². The summed E-state index contributed by atoms with van der Waals surface area (Å²) in [4.78, 5) is 42.5. The summed E-state index contributed by atoms with van der Waals surface area (Å²) in [5.41, 5.74) is 2.69. The molecule has 0 bridgehead atoms. The number of carbonyl (C=O) groups is 3. The molecular weight excluding hydrogens is 1100 g/mol. The number of alkyl halides is 3. The minimum atomic E-state index is -2.23. The first-order valence-corrected chi connectivity index (χ1v) is 30.5. The van der Waals surface area contributed by atoms with Crippen molar-refractivity contribution in [2.24, 2.45) is 17.8 Å². The van der Waals surface area contributed by atoms with Gasteiger partial charge in [-0.3, -0.25) is 0 Å². The average molecular weight is 1180 g/mol. The van der Waals surface area contributed by atoms with Crippen molar-refractivity contribution < 1.29 is 75.7 Å². The molecule has 79 heavy (non-hydrogen) atoms. The number of halogens is 3. The normalized spacial score (nSPS) is 24.5. The predicted octanol–water partition coefficient (Wildman–Crippen LogP) is 10.7. The first kappa shape index (κ1) is 63.7. The van der Waals surface area contributed by atoms with E-state index in [9.17, 15) is 14.4 Å². The van der Waals surface area contributed by atoms with E-state index in [1.165, 1.54) is 0 Å². The lowest BCUT2D eigenvalue weighted by atomic mass is 9.96. The van der Waals surface area contributed by atoms with Gasteiger partial charge >= 0.3 is 17.9 Å². The van der Waals surface area contributed by atoms with E-state index in [0.29, 0.717) is 18.1 Å². The second-order valence-corrected chi connectivity index (χ2v) is 28.7. The Morgan fingerprint density at radius 3 is 1.13 bits per heavy atom. The Morgan fingerprint density at radius 1 is 0.506 bits per heavy atom. The average Bonchev–Trinajstić information content (AvgIpc) is 3.44. The van der Waals surface area contributed by atoms with Crippen LogP contribution in [0.3, 0.4) is 0 Å². The Hall–Kier alpha value is -4.50. The quantitative estimate of drug-likeness (QED) is 0.0244. The van der Waals surface area contributed by atoms with Crippen molar-refractivity contribution >= 4 is 61.0 Å². The third kappa shape index (κ3) is 19.0. The van der Waals surface area contributed by atoms with Crippen molar-refractivity contribution in [1.82, 2.24) is 0 Å². The molecule has 0 fully saturated rings. The van der Waals surface area contributed by atoms with Crippen molar-refractivity contribution in [3.8, 4) is 17.2 Å². The molecule has 0 radical (unpaired) electrons. The summed E-state index contributed by atoms with van der Waals surface area (Å²) < 4.78 is 76.1. The van der Waals surface area contributed by atoms with Gasteiger partial charge in [0.1, 0.15) is 54.4 Å². The van der Waals surface area contributed by atoms with E-state index < -0.39 is 103 Å². The maximum absolute atomic E-state index is 14.5. The molecule has 3 heterocycles.